The molecule has 0 radical (unpaired) electrons. The number of amides is 1. The van der Waals surface area contributed by atoms with Gasteiger partial charge in [-0.25, -0.2) is 14.8 Å². The predicted molar refractivity (Wildman–Crippen MR) is 155 cm³/mol. The van der Waals surface area contributed by atoms with E-state index < -0.39 is 17.6 Å². The molecule has 43 heavy (non-hydrogen) atoms. The average molecular weight is 576 g/mol. The molecular weight excluding hydrogens is 554 g/mol. The highest BCUT2D eigenvalue weighted by Crippen LogP contribution is 2.36. The molecule has 3 aromatic heterocycles. The quantitative estimate of drug-likeness (QED) is 0.167. The fourth-order valence-corrected chi connectivity index (χ4v) is 4.15. The van der Waals surface area contributed by atoms with Crippen molar-refractivity contribution in [3.05, 3.63) is 119 Å². The smallest absolute Gasteiger partial charge is 0.504 e. The van der Waals surface area contributed by atoms with E-state index in [2.05, 4.69) is 25.3 Å². The molecule has 1 amide bonds. The van der Waals surface area contributed by atoms with Crippen LogP contribution in [0.15, 0.2) is 102 Å². The summed E-state index contributed by atoms with van der Waals surface area (Å²) in [5, 5.41) is 13.9. The zero-order valence-corrected chi connectivity index (χ0v) is 22.2. The van der Waals surface area contributed by atoms with Crippen LogP contribution < -0.4 is 20.3 Å². The lowest BCUT2D eigenvalue weighted by Gasteiger charge is -2.12. The van der Waals surface area contributed by atoms with Gasteiger partial charge in [0.25, 0.3) is 11.5 Å². The number of nitrogens with zero attached hydrogens (tertiary/aromatic N) is 3. The summed E-state index contributed by atoms with van der Waals surface area (Å²) in [6, 6.07) is 23.2. The fraction of sp³-hybridized carbons (Fsp3) is 0.0323. The van der Waals surface area contributed by atoms with Crippen LogP contribution in [0, 0.1) is 0 Å². The number of aromatic nitrogens is 4. The van der Waals surface area contributed by atoms with Crippen LogP contribution in [-0.2, 0) is 11.3 Å². The Hall–Kier alpha value is -6.30. The molecule has 12 nitrogen and oxygen atoms in total. The Morgan fingerprint density at radius 3 is 2.49 bits per heavy atom. The third-order valence-corrected chi connectivity index (χ3v) is 6.21. The molecule has 3 heterocycles. The van der Waals surface area contributed by atoms with Crippen LogP contribution >= 0.6 is 0 Å². The van der Waals surface area contributed by atoms with Crippen molar-refractivity contribution in [3.63, 3.8) is 0 Å². The van der Waals surface area contributed by atoms with Crippen LogP contribution in [0.3, 0.4) is 0 Å². The van der Waals surface area contributed by atoms with Gasteiger partial charge < -0.3 is 29.6 Å². The number of phenolic OH excluding ortho intramolecular Hbond substituents is 1. The second-order valence-corrected chi connectivity index (χ2v) is 9.14. The van der Waals surface area contributed by atoms with E-state index in [0.717, 1.165) is 5.56 Å². The Labute approximate surface area is 242 Å². The molecule has 0 aliphatic carbocycles. The largest absolute Gasteiger partial charge is 0.514 e. The first-order valence-electron chi connectivity index (χ1n) is 12.9. The number of para-hydroxylation sites is 1. The highest BCUT2D eigenvalue weighted by molar-refractivity contribution is 6.02. The molecule has 0 aliphatic rings. The molecule has 3 aromatic carbocycles. The maximum absolute atomic E-state index is 12.7. The van der Waals surface area contributed by atoms with E-state index in [1.54, 1.807) is 48.5 Å². The van der Waals surface area contributed by atoms with Crippen LogP contribution in [0.2, 0.25) is 0 Å². The molecule has 0 unspecified atom stereocenters. The van der Waals surface area contributed by atoms with Crippen LogP contribution in [0.5, 0.6) is 23.0 Å². The number of pyridine rings is 2. The first-order chi connectivity index (χ1) is 20.9. The Bertz CT molecular complexity index is 2030. The van der Waals surface area contributed by atoms with Gasteiger partial charge in [0, 0.05) is 17.6 Å². The molecule has 0 saturated carbocycles. The first kappa shape index (κ1) is 26.9. The molecule has 6 rings (SSSR count). The number of phenols is 1. The summed E-state index contributed by atoms with van der Waals surface area (Å²) in [4.78, 5) is 52.3. The number of anilines is 1. The van der Waals surface area contributed by atoms with Crippen LogP contribution in [0.4, 0.5) is 10.6 Å². The van der Waals surface area contributed by atoms with Crippen molar-refractivity contribution in [1.29, 1.82) is 0 Å². The highest BCUT2D eigenvalue weighted by atomic mass is 16.7. The molecule has 0 saturated heterocycles. The highest BCUT2D eigenvalue weighted by Gasteiger charge is 2.16. The van der Waals surface area contributed by atoms with Gasteiger partial charge >= 0.3 is 6.16 Å². The zero-order chi connectivity index (χ0) is 29.8. The summed E-state index contributed by atoms with van der Waals surface area (Å²) in [6.45, 7) is 0.0145. The van der Waals surface area contributed by atoms with Gasteiger partial charge in [-0.3, -0.25) is 14.6 Å². The summed E-state index contributed by atoms with van der Waals surface area (Å²) in [5.74, 6) is -0.366. The maximum atomic E-state index is 12.7. The molecule has 3 N–H and O–H groups in total. The lowest BCUT2D eigenvalue weighted by Crippen LogP contribution is -2.21. The average Bonchev–Trinajstić information content (AvgIpc) is 3.02. The second kappa shape index (κ2) is 11.7. The van der Waals surface area contributed by atoms with Gasteiger partial charge in [0.1, 0.15) is 23.9 Å². The van der Waals surface area contributed by atoms with E-state index in [4.69, 9.17) is 14.2 Å². The molecule has 6 aromatic rings. The van der Waals surface area contributed by atoms with Gasteiger partial charge in [0.15, 0.2) is 17.3 Å². The predicted octanol–water partition coefficient (Wildman–Crippen LogP) is 5.33. The molecule has 212 valence electrons. The normalized spacial score (nSPS) is 10.8. The van der Waals surface area contributed by atoms with E-state index in [1.807, 2.05) is 18.2 Å². The number of nitrogens with one attached hydrogen (secondary N) is 2. The number of hydrogen-bond donors (Lipinski definition) is 3. The number of benzene rings is 3. The van der Waals surface area contributed by atoms with Crippen molar-refractivity contribution in [3.8, 4) is 23.0 Å². The summed E-state index contributed by atoms with van der Waals surface area (Å²) in [6.07, 6.45) is 1.90. The molecule has 0 fully saturated rings. The molecule has 0 atom stereocenters. The lowest BCUT2D eigenvalue weighted by molar-refractivity contribution is 0.0917. The van der Waals surface area contributed by atoms with Gasteiger partial charge in [-0.05, 0) is 42.0 Å². The minimum atomic E-state index is -0.980. The number of carbonyl (C=O) groups is 2. The Morgan fingerprint density at radius 2 is 1.67 bits per heavy atom. The monoisotopic (exact) mass is 575 g/mol. The number of fused-ring (bicyclic) bond motifs is 2. The standard InChI is InChI=1S/C31H21N5O7/c37-24-14-21-23(15-26(24)43-31(40)41-17-18-6-2-1-3-7-18)32-13-12-25(21)42-19-10-11-27(33-16-19)35-30(39)28-34-22-9-5-4-8-20(22)29(38)36-28/h1-16,37H,17H2,(H,33,35,39)(H,34,36,38). The van der Waals surface area contributed by atoms with Gasteiger partial charge in [0.05, 0.1) is 22.6 Å². The number of hydrogen-bond acceptors (Lipinski definition) is 10. The lowest BCUT2D eigenvalue weighted by atomic mass is 10.2. The summed E-state index contributed by atoms with van der Waals surface area (Å²) < 4.78 is 16.2. The van der Waals surface area contributed by atoms with E-state index in [9.17, 15) is 19.5 Å². The van der Waals surface area contributed by atoms with Gasteiger partial charge in [-0.1, -0.05) is 42.5 Å². The number of H-pyrrole nitrogens is 1. The van der Waals surface area contributed by atoms with E-state index in [-0.39, 0.29) is 29.7 Å². The molecule has 0 spiro atoms. The minimum Gasteiger partial charge on any atom is -0.504 e. The van der Waals surface area contributed by atoms with Crippen LogP contribution in [0.1, 0.15) is 16.2 Å². The van der Waals surface area contributed by atoms with Crippen molar-refractivity contribution >= 4 is 39.7 Å². The first-order valence-corrected chi connectivity index (χ1v) is 12.9. The number of aromatic hydroxyl groups is 1. The number of carbonyl (C=O) groups excluding carboxylic acids is 2. The summed E-state index contributed by atoms with van der Waals surface area (Å²) in [7, 11) is 0. The third-order valence-electron chi connectivity index (χ3n) is 6.21. The van der Waals surface area contributed by atoms with Crippen LogP contribution in [-0.4, -0.2) is 37.1 Å². The molecule has 0 bridgehead atoms. The van der Waals surface area contributed by atoms with Crippen molar-refractivity contribution in [1.82, 2.24) is 19.9 Å². The SMILES string of the molecule is O=C(OCc1ccccc1)Oc1cc2nccc(Oc3ccc(NC(=O)c4nc5ccccc5c(=O)[nH]4)nc3)c2cc1O. The number of aromatic amines is 1. The Balaban J connectivity index is 1.13. The van der Waals surface area contributed by atoms with Crippen molar-refractivity contribution in [2.45, 2.75) is 6.61 Å². The van der Waals surface area contributed by atoms with Gasteiger partial charge in [-0.2, -0.15) is 0 Å². The number of ether oxygens (including phenoxy) is 3. The zero-order valence-electron chi connectivity index (χ0n) is 22.2. The van der Waals surface area contributed by atoms with E-state index in [1.165, 1.54) is 30.6 Å². The minimum absolute atomic E-state index is 0.0145. The Morgan fingerprint density at radius 1 is 0.860 bits per heavy atom. The molecule has 0 aliphatic heterocycles. The summed E-state index contributed by atoms with van der Waals surface area (Å²) in [5.41, 5.74) is 1.14. The second-order valence-electron chi connectivity index (χ2n) is 9.14. The van der Waals surface area contributed by atoms with E-state index in [0.29, 0.717) is 33.3 Å². The van der Waals surface area contributed by atoms with Crippen molar-refractivity contribution in [2.75, 3.05) is 5.32 Å². The van der Waals surface area contributed by atoms with Crippen LogP contribution in [0.25, 0.3) is 21.8 Å². The van der Waals surface area contributed by atoms with Gasteiger partial charge in [-0.15, -0.1) is 0 Å². The fourth-order valence-electron chi connectivity index (χ4n) is 4.15. The van der Waals surface area contributed by atoms with Crippen molar-refractivity contribution in [2.24, 2.45) is 0 Å². The topological polar surface area (TPSA) is 166 Å². The van der Waals surface area contributed by atoms with Gasteiger partial charge in [0.2, 0.25) is 0 Å². The summed E-state index contributed by atoms with van der Waals surface area (Å²) >= 11 is 0. The van der Waals surface area contributed by atoms with E-state index >= 15 is 0 Å². The Kier molecular flexibility index (Phi) is 7.30. The number of rotatable bonds is 7. The van der Waals surface area contributed by atoms with Crippen molar-refractivity contribution < 1.29 is 28.9 Å². The molecule has 12 heteroatoms. The third kappa shape index (κ3) is 6.07. The molecular formula is C31H21N5O7. The maximum Gasteiger partial charge on any atom is 0.514 e.